The van der Waals surface area contributed by atoms with Crippen molar-refractivity contribution in [3.63, 3.8) is 0 Å². The molecule has 0 spiro atoms. The van der Waals surface area contributed by atoms with Crippen LogP contribution in [0.25, 0.3) is 92.6 Å². The molecule has 0 aliphatic heterocycles. The normalized spacial score (nSPS) is 11.8. The fraction of sp³-hybridized carbons (Fsp3) is 0. The summed E-state index contributed by atoms with van der Waals surface area (Å²) in [5, 5.41) is 7.25. The third-order valence-corrected chi connectivity index (χ3v) is 10.4. The van der Waals surface area contributed by atoms with Crippen molar-refractivity contribution in [1.29, 1.82) is 0 Å². The number of aromatic nitrogens is 4. The highest BCUT2D eigenvalue weighted by atomic mass is 32.1. The molecule has 0 atom stereocenters. The third-order valence-electron chi connectivity index (χ3n) is 9.25. The largest absolute Gasteiger partial charge is 0.308 e. The second-order valence-electron chi connectivity index (χ2n) is 12.0. The molecular weight excluding hydrogens is 605 g/mol. The summed E-state index contributed by atoms with van der Waals surface area (Å²) in [6, 6.07) is 55.5. The summed E-state index contributed by atoms with van der Waals surface area (Å²) in [5.74, 6) is 1.94. The zero-order valence-corrected chi connectivity index (χ0v) is 26.5. The summed E-state index contributed by atoms with van der Waals surface area (Å²) in [6.45, 7) is 0. The first-order valence-electron chi connectivity index (χ1n) is 16.0. The van der Waals surface area contributed by atoms with E-state index in [0.717, 1.165) is 44.2 Å². The van der Waals surface area contributed by atoms with E-state index in [1.54, 1.807) is 11.3 Å². The van der Waals surface area contributed by atoms with Crippen LogP contribution in [0.3, 0.4) is 0 Å². The number of hydrogen-bond acceptors (Lipinski definition) is 4. The van der Waals surface area contributed by atoms with E-state index < -0.39 is 0 Å². The Bertz CT molecular complexity index is 2800. The lowest BCUT2D eigenvalue weighted by molar-refractivity contribution is 1.07. The number of nitrogens with zero attached hydrogens (tertiary/aromatic N) is 4. The lowest BCUT2D eigenvalue weighted by Gasteiger charge is -2.17. The quantitative estimate of drug-likeness (QED) is 0.194. The average molecular weight is 631 g/mol. The van der Waals surface area contributed by atoms with Gasteiger partial charge in [-0.25, -0.2) is 15.0 Å². The molecule has 48 heavy (non-hydrogen) atoms. The van der Waals surface area contributed by atoms with Gasteiger partial charge in [-0.2, -0.15) is 0 Å². The number of hydrogen-bond donors (Lipinski definition) is 0. The fourth-order valence-corrected chi connectivity index (χ4v) is 8.19. The van der Waals surface area contributed by atoms with Crippen LogP contribution in [0.5, 0.6) is 0 Å². The maximum Gasteiger partial charge on any atom is 0.166 e. The molecule has 10 aromatic rings. The van der Waals surface area contributed by atoms with Crippen LogP contribution in [0.15, 0.2) is 158 Å². The van der Waals surface area contributed by atoms with Crippen molar-refractivity contribution < 1.29 is 0 Å². The molecule has 0 saturated carbocycles. The van der Waals surface area contributed by atoms with Crippen molar-refractivity contribution in [2.75, 3.05) is 0 Å². The minimum absolute atomic E-state index is 0.637. The van der Waals surface area contributed by atoms with Gasteiger partial charge in [0.15, 0.2) is 17.5 Å². The highest BCUT2D eigenvalue weighted by Gasteiger charge is 2.21. The number of fused-ring (bicyclic) bond motifs is 7. The van der Waals surface area contributed by atoms with E-state index in [1.807, 2.05) is 18.2 Å². The molecule has 0 aliphatic carbocycles. The van der Waals surface area contributed by atoms with Gasteiger partial charge in [-0.15, -0.1) is 11.3 Å². The van der Waals surface area contributed by atoms with Gasteiger partial charge in [0.05, 0.1) is 16.7 Å². The molecule has 0 aliphatic rings. The molecule has 3 heterocycles. The van der Waals surface area contributed by atoms with Crippen LogP contribution in [0.1, 0.15) is 0 Å². The van der Waals surface area contributed by atoms with Gasteiger partial charge in [-0.1, -0.05) is 127 Å². The summed E-state index contributed by atoms with van der Waals surface area (Å²) in [6.07, 6.45) is 0. The van der Waals surface area contributed by atoms with Crippen molar-refractivity contribution in [3.05, 3.63) is 158 Å². The zero-order chi connectivity index (χ0) is 31.6. The maximum atomic E-state index is 5.27. The zero-order valence-electron chi connectivity index (χ0n) is 25.7. The standard InChI is InChI=1S/C43H26N4S/c1-2-13-28(14-3-1)41-44-42(29-23-24-34-33-18-8-11-21-38(33)48-39(34)26-29)46-43(45-41)35-25-22-27-12-4-5-15-30(27)40(35)47-36-19-9-6-16-31(36)32-17-7-10-20-37(32)47/h1-26H. The summed E-state index contributed by atoms with van der Waals surface area (Å²) < 4.78 is 4.88. The van der Waals surface area contributed by atoms with Crippen LogP contribution in [0.4, 0.5) is 0 Å². The van der Waals surface area contributed by atoms with Crippen LogP contribution in [-0.4, -0.2) is 19.5 Å². The summed E-state index contributed by atoms with van der Waals surface area (Å²) in [5.41, 5.74) is 6.21. The van der Waals surface area contributed by atoms with E-state index in [4.69, 9.17) is 15.0 Å². The van der Waals surface area contributed by atoms with Gasteiger partial charge in [-0.05, 0) is 35.7 Å². The lowest BCUT2D eigenvalue weighted by Crippen LogP contribution is -2.04. The first-order chi connectivity index (χ1) is 23.8. The predicted molar refractivity (Wildman–Crippen MR) is 201 cm³/mol. The van der Waals surface area contributed by atoms with Crippen LogP contribution < -0.4 is 0 Å². The monoisotopic (exact) mass is 630 g/mol. The Morgan fingerprint density at radius 1 is 0.396 bits per heavy atom. The van der Waals surface area contributed by atoms with Gasteiger partial charge >= 0.3 is 0 Å². The lowest BCUT2D eigenvalue weighted by atomic mass is 10.0. The summed E-state index contributed by atoms with van der Waals surface area (Å²) in [4.78, 5) is 15.6. The molecule has 0 bridgehead atoms. The molecule has 224 valence electrons. The van der Waals surface area contributed by atoms with E-state index in [-0.39, 0.29) is 0 Å². The first kappa shape index (κ1) is 27.0. The van der Waals surface area contributed by atoms with E-state index in [1.165, 1.54) is 30.9 Å². The molecule has 10 rings (SSSR count). The summed E-state index contributed by atoms with van der Waals surface area (Å²) in [7, 11) is 0. The third kappa shape index (κ3) is 4.18. The van der Waals surface area contributed by atoms with Crippen LogP contribution in [0.2, 0.25) is 0 Å². The Balaban J connectivity index is 1.28. The molecule has 0 saturated heterocycles. The SMILES string of the molecule is c1ccc(-c2nc(-c3ccc4c(c3)sc3ccccc34)nc(-c3ccc4ccccc4c3-n3c4ccccc4c4ccccc43)n2)cc1. The van der Waals surface area contributed by atoms with Gasteiger partial charge in [0, 0.05) is 53.0 Å². The van der Waals surface area contributed by atoms with Crippen LogP contribution >= 0.6 is 11.3 Å². The van der Waals surface area contributed by atoms with Crippen molar-refractivity contribution >= 4 is 64.1 Å². The van der Waals surface area contributed by atoms with Gasteiger partial charge < -0.3 is 4.57 Å². The molecule has 0 fully saturated rings. The summed E-state index contributed by atoms with van der Waals surface area (Å²) >= 11 is 1.80. The Labute approximate surface area is 280 Å². The van der Waals surface area contributed by atoms with Crippen LogP contribution in [0, 0.1) is 0 Å². The maximum absolute atomic E-state index is 5.27. The molecule has 0 unspecified atom stereocenters. The van der Waals surface area contributed by atoms with Crippen molar-refractivity contribution in [3.8, 4) is 39.9 Å². The molecule has 3 aromatic heterocycles. The molecule has 0 radical (unpaired) electrons. The van der Waals surface area contributed by atoms with Gasteiger partial charge in [0.25, 0.3) is 0 Å². The minimum Gasteiger partial charge on any atom is -0.308 e. The molecule has 5 heteroatoms. The molecule has 4 nitrogen and oxygen atoms in total. The van der Waals surface area contributed by atoms with E-state index >= 15 is 0 Å². The van der Waals surface area contributed by atoms with Crippen molar-refractivity contribution in [1.82, 2.24) is 19.5 Å². The van der Waals surface area contributed by atoms with Crippen LogP contribution in [-0.2, 0) is 0 Å². The average Bonchev–Trinajstić information content (AvgIpc) is 3.70. The van der Waals surface area contributed by atoms with E-state index in [2.05, 4.69) is 144 Å². The Morgan fingerprint density at radius 3 is 1.75 bits per heavy atom. The molecule has 0 amide bonds. The number of thiophene rings is 1. The highest BCUT2D eigenvalue weighted by Crippen LogP contribution is 2.40. The Morgan fingerprint density at radius 2 is 0.979 bits per heavy atom. The topological polar surface area (TPSA) is 43.6 Å². The predicted octanol–water partition coefficient (Wildman–Crippen LogP) is 11.5. The number of para-hydroxylation sites is 2. The van der Waals surface area contributed by atoms with Gasteiger partial charge in [-0.3, -0.25) is 0 Å². The smallest absolute Gasteiger partial charge is 0.166 e. The fourth-order valence-electron chi connectivity index (χ4n) is 7.05. The second kappa shape index (κ2) is 10.7. The van der Waals surface area contributed by atoms with E-state index in [9.17, 15) is 0 Å². The minimum atomic E-state index is 0.637. The van der Waals surface area contributed by atoms with Gasteiger partial charge in [0.2, 0.25) is 0 Å². The molecular formula is C43H26N4S. The number of benzene rings is 7. The molecule has 0 N–H and O–H groups in total. The highest BCUT2D eigenvalue weighted by molar-refractivity contribution is 7.25. The Hall–Kier alpha value is -6.17. The van der Waals surface area contributed by atoms with Crippen molar-refractivity contribution in [2.24, 2.45) is 0 Å². The first-order valence-corrected chi connectivity index (χ1v) is 16.9. The van der Waals surface area contributed by atoms with E-state index in [0.29, 0.717) is 17.5 Å². The number of rotatable bonds is 4. The Kier molecular flexibility index (Phi) is 6.01. The van der Waals surface area contributed by atoms with Crippen molar-refractivity contribution in [2.45, 2.75) is 0 Å². The second-order valence-corrected chi connectivity index (χ2v) is 13.1. The van der Waals surface area contributed by atoms with Gasteiger partial charge in [0.1, 0.15) is 0 Å². The molecule has 7 aromatic carbocycles.